The van der Waals surface area contributed by atoms with E-state index in [0.717, 1.165) is 6.42 Å². The van der Waals surface area contributed by atoms with Crippen LogP contribution < -0.4 is 5.32 Å². The molecule has 0 radical (unpaired) electrons. The molecule has 0 saturated heterocycles. The largest absolute Gasteiger partial charge is 0.308 e. The van der Waals surface area contributed by atoms with Crippen LogP contribution in [0.1, 0.15) is 55.1 Å². The van der Waals surface area contributed by atoms with E-state index in [9.17, 15) is 0 Å². The molecule has 17 heavy (non-hydrogen) atoms. The minimum absolute atomic E-state index is 0.140. The Hall–Kier alpha value is -0.410. The number of hydrogen-bond donors (Lipinski definition) is 1. The summed E-state index contributed by atoms with van der Waals surface area (Å²) < 4.78 is 0. The van der Waals surface area contributed by atoms with Crippen LogP contribution in [0.4, 0.5) is 0 Å². The van der Waals surface area contributed by atoms with Crippen molar-refractivity contribution in [1.82, 2.24) is 10.3 Å². The second-order valence-corrected chi connectivity index (χ2v) is 6.45. The highest BCUT2D eigenvalue weighted by atomic mass is 32.1. The Bertz CT molecular complexity index is 386. The first kappa shape index (κ1) is 13.0. The normalized spacial score (nSPS) is 29.5. The average Bonchev–Trinajstić information content (AvgIpc) is 2.72. The zero-order valence-electron chi connectivity index (χ0n) is 11.5. The fourth-order valence-corrected chi connectivity index (χ4v) is 4.43. The van der Waals surface area contributed by atoms with E-state index in [1.807, 2.05) is 11.3 Å². The summed E-state index contributed by atoms with van der Waals surface area (Å²) in [6.45, 7) is 6.77. The molecule has 0 aliphatic heterocycles. The maximum atomic E-state index is 4.90. The summed E-state index contributed by atoms with van der Waals surface area (Å²) in [5, 5.41) is 4.92. The molecular weight excluding hydrogens is 228 g/mol. The lowest BCUT2D eigenvalue weighted by atomic mass is 9.74. The van der Waals surface area contributed by atoms with Crippen molar-refractivity contribution in [1.29, 1.82) is 0 Å². The van der Waals surface area contributed by atoms with E-state index >= 15 is 0 Å². The fourth-order valence-electron chi connectivity index (χ4n) is 3.09. The molecule has 0 aromatic carbocycles. The van der Waals surface area contributed by atoms with E-state index in [1.54, 1.807) is 0 Å². The van der Waals surface area contributed by atoms with Gasteiger partial charge in [-0.1, -0.05) is 26.7 Å². The smallest absolute Gasteiger partial charge is 0.114 e. The predicted molar refractivity (Wildman–Crippen MR) is 74.6 cm³/mol. The number of nitrogens with one attached hydrogen (secondary N) is 1. The Morgan fingerprint density at radius 3 is 2.76 bits per heavy atom. The molecular formula is C14H24N2S. The second kappa shape index (κ2) is 5.07. The summed E-state index contributed by atoms with van der Waals surface area (Å²) in [5.74, 6) is 0.691. The van der Waals surface area contributed by atoms with E-state index in [2.05, 4.69) is 33.1 Å². The molecule has 1 N–H and O–H groups in total. The quantitative estimate of drug-likeness (QED) is 0.888. The molecule has 0 amide bonds. The molecule has 0 bridgehead atoms. The van der Waals surface area contributed by atoms with Crippen LogP contribution in [0.2, 0.25) is 0 Å². The van der Waals surface area contributed by atoms with Crippen molar-refractivity contribution in [3.05, 3.63) is 15.6 Å². The molecule has 3 heteroatoms. The molecule has 1 aromatic rings. The van der Waals surface area contributed by atoms with Gasteiger partial charge in [0.25, 0.3) is 0 Å². The number of hydrogen-bond acceptors (Lipinski definition) is 3. The van der Waals surface area contributed by atoms with Crippen LogP contribution in [-0.2, 0) is 12.0 Å². The van der Waals surface area contributed by atoms with Crippen molar-refractivity contribution >= 4 is 11.3 Å². The molecule has 2 nitrogen and oxygen atoms in total. The summed E-state index contributed by atoms with van der Waals surface area (Å²) in [6, 6.07) is 0. The molecule has 1 aliphatic carbocycles. The lowest BCUT2D eigenvalue weighted by molar-refractivity contribution is 0.165. The highest BCUT2D eigenvalue weighted by Crippen LogP contribution is 2.43. The maximum Gasteiger partial charge on any atom is 0.114 e. The van der Waals surface area contributed by atoms with Crippen LogP contribution in [0.5, 0.6) is 0 Å². The molecule has 0 spiro atoms. The van der Waals surface area contributed by atoms with Crippen molar-refractivity contribution in [3.8, 4) is 0 Å². The van der Waals surface area contributed by atoms with Gasteiger partial charge in [0.1, 0.15) is 5.01 Å². The second-order valence-electron chi connectivity index (χ2n) is 5.24. The van der Waals surface area contributed by atoms with Crippen LogP contribution in [0.25, 0.3) is 0 Å². The van der Waals surface area contributed by atoms with E-state index in [4.69, 9.17) is 4.98 Å². The third-order valence-electron chi connectivity index (χ3n) is 4.35. The van der Waals surface area contributed by atoms with Gasteiger partial charge in [-0.3, -0.25) is 0 Å². The number of rotatable bonds is 3. The number of thiazole rings is 1. The molecule has 2 unspecified atom stereocenters. The van der Waals surface area contributed by atoms with Crippen LogP contribution in [0.15, 0.2) is 0 Å². The van der Waals surface area contributed by atoms with Gasteiger partial charge in [0.2, 0.25) is 0 Å². The van der Waals surface area contributed by atoms with Gasteiger partial charge in [0, 0.05) is 4.88 Å². The van der Waals surface area contributed by atoms with Crippen LogP contribution in [-0.4, -0.2) is 12.0 Å². The Labute approximate surface area is 109 Å². The van der Waals surface area contributed by atoms with E-state index in [0.29, 0.717) is 5.92 Å². The molecule has 2 atom stereocenters. The summed E-state index contributed by atoms with van der Waals surface area (Å²) in [7, 11) is 2.10. The maximum absolute atomic E-state index is 4.90. The van der Waals surface area contributed by atoms with Gasteiger partial charge in [0.15, 0.2) is 0 Å². The van der Waals surface area contributed by atoms with E-state index in [1.165, 1.54) is 41.3 Å². The van der Waals surface area contributed by atoms with Crippen molar-refractivity contribution in [2.75, 3.05) is 7.05 Å². The van der Waals surface area contributed by atoms with Crippen molar-refractivity contribution in [2.45, 2.75) is 58.4 Å². The summed E-state index contributed by atoms with van der Waals surface area (Å²) >= 11 is 1.90. The minimum atomic E-state index is 0.140. The van der Waals surface area contributed by atoms with Crippen molar-refractivity contribution in [2.24, 2.45) is 5.92 Å². The van der Waals surface area contributed by atoms with Gasteiger partial charge in [-0.05, 0) is 39.2 Å². The SMILES string of the molecule is CCc1nc(C2(NC)CCCCC2C)sc1C. The molecule has 1 aliphatic rings. The third kappa shape index (κ3) is 2.15. The van der Waals surface area contributed by atoms with Gasteiger partial charge in [-0.2, -0.15) is 0 Å². The molecule has 1 saturated carbocycles. The number of aryl methyl sites for hydroxylation is 2. The van der Waals surface area contributed by atoms with E-state index in [-0.39, 0.29) is 5.54 Å². The van der Waals surface area contributed by atoms with Crippen LogP contribution in [0.3, 0.4) is 0 Å². The standard InChI is InChI=1S/C14H24N2S/c1-5-12-11(3)17-13(16-12)14(15-4)9-7-6-8-10(14)2/h10,15H,5-9H2,1-4H3. The summed E-state index contributed by atoms with van der Waals surface area (Å²) in [5.41, 5.74) is 1.43. The van der Waals surface area contributed by atoms with E-state index < -0.39 is 0 Å². The highest BCUT2D eigenvalue weighted by Gasteiger charge is 2.41. The molecule has 96 valence electrons. The van der Waals surface area contributed by atoms with Gasteiger partial charge in [-0.15, -0.1) is 11.3 Å². The summed E-state index contributed by atoms with van der Waals surface area (Å²) in [4.78, 5) is 6.30. The average molecular weight is 252 g/mol. The fraction of sp³-hybridized carbons (Fsp3) is 0.786. The molecule has 1 aromatic heterocycles. The number of nitrogens with zero attached hydrogens (tertiary/aromatic N) is 1. The first-order chi connectivity index (χ1) is 8.14. The van der Waals surface area contributed by atoms with Gasteiger partial charge in [-0.25, -0.2) is 4.98 Å². The Kier molecular flexibility index (Phi) is 3.88. The first-order valence-corrected chi connectivity index (χ1v) is 7.61. The van der Waals surface area contributed by atoms with Crippen LogP contribution >= 0.6 is 11.3 Å². The van der Waals surface area contributed by atoms with Crippen LogP contribution in [0, 0.1) is 12.8 Å². The Balaban J connectivity index is 2.39. The minimum Gasteiger partial charge on any atom is -0.308 e. The van der Waals surface area contributed by atoms with Crippen molar-refractivity contribution in [3.63, 3.8) is 0 Å². The number of aromatic nitrogens is 1. The van der Waals surface area contributed by atoms with Gasteiger partial charge >= 0.3 is 0 Å². The Morgan fingerprint density at radius 1 is 1.47 bits per heavy atom. The highest BCUT2D eigenvalue weighted by molar-refractivity contribution is 7.11. The molecule has 1 fully saturated rings. The lowest BCUT2D eigenvalue weighted by Gasteiger charge is -2.41. The molecule has 1 heterocycles. The zero-order chi connectivity index (χ0) is 12.5. The monoisotopic (exact) mass is 252 g/mol. The van der Waals surface area contributed by atoms with Gasteiger partial charge in [0.05, 0.1) is 11.2 Å². The summed E-state index contributed by atoms with van der Waals surface area (Å²) in [6.07, 6.45) is 6.30. The predicted octanol–water partition coefficient (Wildman–Crippen LogP) is 3.64. The lowest BCUT2D eigenvalue weighted by Crippen LogP contribution is -2.47. The topological polar surface area (TPSA) is 24.9 Å². The molecule has 2 rings (SSSR count). The third-order valence-corrected chi connectivity index (χ3v) is 5.55. The van der Waals surface area contributed by atoms with Gasteiger partial charge < -0.3 is 5.32 Å². The first-order valence-electron chi connectivity index (χ1n) is 6.79. The zero-order valence-corrected chi connectivity index (χ0v) is 12.3. The van der Waals surface area contributed by atoms with Crippen molar-refractivity contribution < 1.29 is 0 Å². The Morgan fingerprint density at radius 2 is 2.24 bits per heavy atom.